The van der Waals surface area contributed by atoms with Crippen LogP contribution in [0.5, 0.6) is 0 Å². The van der Waals surface area contributed by atoms with Crippen molar-refractivity contribution in [2.45, 2.75) is 98.3 Å². The average molecular weight is 614 g/mol. The zero-order valence-corrected chi connectivity index (χ0v) is 28.7. The first-order valence-corrected chi connectivity index (χ1v) is 17.2. The fourth-order valence-corrected chi connectivity index (χ4v) is 7.19. The number of amides is 1. The third kappa shape index (κ3) is 8.23. The highest BCUT2D eigenvalue weighted by molar-refractivity contribution is 5.97. The molecule has 240 valence electrons. The van der Waals surface area contributed by atoms with Crippen LogP contribution in [-0.4, -0.2) is 11.7 Å². The average Bonchev–Trinajstić information content (AvgIpc) is 3.04. The first-order chi connectivity index (χ1) is 22.0. The Hall–Kier alpha value is -3.98. The number of ketones is 1. The molecule has 0 bridgehead atoms. The van der Waals surface area contributed by atoms with Crippen molar-refractivity contribution < 1.29 is 9.59 Å². The zero-order valence-electron chi connectivity index (χ0n) is 28.7. The zero-order chi connectivity index (χ0) is 32.8. The lowest BCUT2D eigenvalue weighted by Crippen LogP contribution is -2.25. The minimum atomic E-state index is -0.359. The van der Waals surface area contributed by atoms with Gasteiger partial charge < -0.3 is 5.32 Å². The van der Waals surface area contributed by atoms with Crippen molar-refractivity contribution in [3.63, 3.8) is 0 Å². The lowest BCUT2D eigenvalue weighted by atomic mass is 9.68. The number of carbonyl (C=O) groups is 2. The van der Waals surface area contributed by atoms with Gasteiger partial charge in [0.05, 0.1) is 5.92 Å². The molecule has 0 unspecified atom stereocenters. The molecule has 0 aromatic heterocycles. The van der Waals surface area contributed by atoms with E-state index in [1.165, 1.54) is 47.9 Å². The quantitative estimate of drug-likeness (QED) is 0.181. The Bertz CT molecular complexity index is 1620. The first kappa shape index (κ1) is 33.4. The van der Waals surface area contributed by atoms with Gasteiger partial charge in [-0.3, -0.25) is 9.59 Å². The number of hydrogen-bond donors (Lipinski definition) is 1. The van der Waals surface area contributed by atoms with E-state index in [0.29, 0.717) is 24.2 Å². The minimum Gasteiger partial charge on any atom is -0.326 e. The Morgan fingerprint density at radius 3 is 2.04 bits per heavy atom. The molecule has 0 radical (unpaired) electrons. The summed E-state index contributed by atoms with van der Waals surface area (Å²) in [5.74, 6) is 1.16. The Morgan fingerprint density at radius 1 is 0.804 bits per heavy atom. The molecule has 1 aliphatic rings. The Balaban J connectivity index is 1.35. The van der Waals surface area contributed by atoms with Gasteiger partial charge in [0.2, 0.25) is 5.91 Å². The van der Waals surface area contributed by atoms with Crippen LogP contribution in [0.4, 0.5) is 5.69 Å². The summed E-state index contributed by atoms with van der Waals surface area (Å²) in [5.41, 5.74) is 10.2. The predicted octanol–water partition coefficient (Wildman–Crippen LogP) is 11.2. The number of hydrogen-bond acceptors (Lipinski definition) is 2. The van der Waals surface area contributed by atoms with E-state index in [-0.39, 0.29) is 17.6 Å². The third-order valence-corrected chi connectivity index (χ3v) is 10.1. The van der Waals surface area contributed by atoms with Crippen molar-refractivity contribution >= 4 is 17.4 Å². The highest BCUT2D eigenvalue weighted by Gasteiger charge is 2.30. The molecule has 46 heavy (non-hydrogen) atoms. The van der Waals surface area contributed by atoms with Gasteiger partial charge in [0.1, 0.15) is 0 Å². The molecular weight excluding hydrogens is 562 g/mol. The van der Waals surface area contributed by atoms with Gasteiger partial charge in [0.25, 0.3) is 0 Å². The van der Waals surface area contributed by atoms with Gasteiger partial charge >= 0.3 is 0 Å². The van der Waals surface area contributed by atoms with Crippen molar-refractivity contribution in [3.05, 3.63) is 124 Å². The van der Waals surface area contributed by atoms with Crippen LogP contribution in [0.1, 0.15) is 116 Å². The molecule has 4 aromatic carbocycles. The summed E-state index contributed by atoms with van der Waals surface area (Å²) in [6.07, 6.45) is 6.96. The molecule has 1 amide bonds. The number of rotatable bonds is 10. The fraction of sp³-hybridized carbons (Fsp3) is 0.395. The normalized spacial score (nSPS) is 17.3. The summed E-state index contributed by atoms with van der Waals surface area (Å²) < 4.78 is 0. The van der Waals surface area contributed by atoms with Crippen LogP contribution in [0.15, 0.2) is 91.0 Å². The molecule has 1 aliphatic carbocycles. The van der Waals surface area contributed by atoms with Crippen LogP contribution in [0, 0.1) is 25.2 Å². The molecule has 1 N–H and O–H groups in total. The maximum atomic E-state index is 14.0. The molecule has 3 heteroatoms. The van der Waals surface area contributed by atoms with Gasteiger partial charge in [0.15, 0.2) is 5.78 Å². The molecule has 0 aliphatic heterocycles. The van der Waals surface area contributed by atoms with E-state index in [2.05, 4.69) is 94.5 Å². The van der Waals surface area contributed by atoms with E-state index < -0.39 is 0 Å². The summed E-state index contributed by atoms with van der Waals surface area (Å²) >= 11 is 0. The van der Waals surface area contributed by atoms with Gasteiger partial charge in [-0.05, 0) is 115 Å². The molecule has 1 saturated carbocycles. The highest BCUT2D eigenvalue weighted by Crippen LogP contribution is 2.43. The molecule has 5 rings (SSSR count). The van der Waals surface area contributed by atoms with Crippen LogP contribution in [0.25, 0.3) is 11.1 Å². The topological polar surface area (TPSA) is 46.2 Å². The second-order valence-corrected chi connectivity index (χ2v) is 14.6. The Labute approximate surface area is 276 Å². The number of carbonyl (C=O) groups excluding carboxylic acids is 2. The standard InChI is InChI=1S/C43H51NO2/c1-7-8-41(45)36-12-10-31(11-13-36)28-40(35-16-14-32(15-17-35)33-18-22-37(23-19-33)43(4,5)6)42(46)44-38-24-20-34(21-25-38)39-26-9-29(2)27-30(39)3/h9-17,20-21,24-27,33,37,40H,7-8,18-19,22-23,28H2,1-6H3,(H,44,46)/t33?,37?,40-/m1/s1. The van der Waals surface area contributed by atoms with Crippen molar-refractivity contribution in [2.24, 2.45) is 11.3 Å². The maximum Gasteiger partial charge on any atom is 0.232 e. The Kier molecular flexibility index (Phi) is 10.6. The van der Waals surface area contributed by atoms with Crippen molar-refractivity contribution in [1.82, 2.24) is 0 Å². The minimum absolute atomic E-state index is 0.0242. The van der Waals surface area contributed by atoms with Crippen LogP contribution in [0.3, 0.4) is 0 Å². The number of aryl methyl sites for hydroxylation is 2. The molecule has 0 saturated heterocycles. The second kappa shape index (κ2) is 14.6. The SMILES string of the molecule is CCCC(=O)c1ccc(C[C@@H](C(=O)Nc2ccc(-c3ccc(C)cc3C)cc2)c2ccc(C3CCC(C(C)(C)C)CC3)cc2)cc1. The number of nitrogens with one attached hydrogen (secondary N) is 1. The molecule has 3 nitrogen and oxygen atoms in total. The van der Waals surface area contributed by atoms with Gasteiger partial charge in [0, 0.05) is 17.7 Å². The summed E-state index contributed by atoms with van der Waals surface area (Å²) in [5, 5.41) is 3.21. The van der Waals surface area contributed by atoms with Gasteiger partial charge in [-0.2, -0.15) is 0 Å². The number of benzene rings is 4. The van der Waals surface area contributed by atoms with E-state index in [9.17, 15) is 9.59 Å². The van der Waals surface area contributed by atoms with Crippen molar-refractivity contribution in [2.75, 3.05) is 5.32 Å². The summed E-state index contributed by atoms with van der Waals surface area (Å²) in [6.45, 7) is 13.4. The lowest BCUT2D eigenvalue weighted by molar-refractivity contribution is -0.117. The second-order valence-electron chi connectivity index (χ2n) is 14.6. The molecule has 0 spiro atoms. The molecule has 1 atom stereocenters. The summed E-state index contributed by atoms with van der Waals surface area (Å²) in [4.78, 5) is 26.4. The predicted molar refractivity (Wildman–Crippen MR) is 193 cm³/mol. The monoisotopic (exact) mass is 613 g/mol. The largest absolute Gasteiger partial charge is 0.326 e. The highest BCUT2D eigenvalue weighted by atomic mass is 16.2. The fourth-order valence-electron chi connectivity index (χ4n) is 7.19. The molecule has 0 heterocycles. The van der Waals surface area contributed by atoms with Crippen LogP contribution in [-0.2, 0) is 11.2 Å². The van der Waals surface area contributed by atoms with E-state index in [0.717, 1.165) is 40.3 Å². The smallest absolute Gasteiger partial charge is 0.232 e. The van der Waals surface area contributed by atoms with E-state index in [1.54, 1.807) is 0 Å². The maximum absolute atomic E-state index is 14.0. The van der Waals surface area contributed by atoms with E-state index in [1.807, 2.05) is 43.3 Å². The van der Waals surface area contributed by atoms with E-state index in [4.69, 9.17) is 0 Å². The molecular formula is C43H51NO2. The summed E-state index contributed by atoms with van der Waals surface area (Å²) in [6, 6.07) is 31.3. The van der Waals surface area contributed by atoms with Crippen LogP contribution in [0.2, 0.25) is 0 Å². The van der Waals surface area contributed by atoms with Crippen molar-refractivity contribution in [1.29, 1.82) is 0 Å². The van der Waals surface area contributed by atoms with Gasteiger partial charge in [-0.15, -0.1) is 0 Å². The summed E-state index contributed by atoms with van der Waals surface area (Å²) in [7, 11) is 0. The van der Waals surface area contributed by atoms with Crippen molar-refractivity contribution in [3.8, 4) is 11.1 Å². The molecule has 4 aromatic rings. The Morgan fingerprint density at radius 2 is 1.46 bits per heavy atom. The molecule has 1 fully saturated rings. The number of anilines is 1. The van der Waals surface area contributed by atoms with Crippen LogP contribution < -0.4 is 5.32 Å². The van der Waals surface area contributed by atoms with Gasteiger partial charge in [-0.1, -0.05) is 112 Å². The van der Waals surface area contributed by atoms with Gasteiger partial charge in [-0.25, -0.2) is 0 Å². The third-order valence-electron chi connectivity index (χ3n) is 10.1. The van der Waals surface area contributed by atoms with E-state index >= 15 is 0 Å². The number of Topliss-reactive ketones (excluding diaryl/α,β-unsaturated/α-hetero) is 1. The first-order valence-electron chi connectivity index (χ1n) is 17.2. The van der Waals surface area contributed by atoms with Crippen LogP contribution >= 0.6 is 0 Å². The lowest BCUT2D eigenvalue weighted by Gasteiger charge is -2.37.